The number of H-pyrrole nitrogens is 1. The third kappa shape index (κ3) is 2.79. The number of amides is 1. The molecule has 0 radical (unpaired) electrons. The fourth-order valence-corrected chi connectivity index (χ4v) is 2.37. The highest BCUT2D eigenvalue weighted by Gasteiger charge is 2.18. The Bertz CT molecular complexity index is 663. The molecule has 19 heavy (non-hydrogen) atoms. The zero-order chi connectivity index (χ0) is 14.0. The minimum absolute atomic E-state index is 0.0735. The number of hydrogen-bond acceptors (Lipinski definition) is 3. The molecule has 0 aromatic carbocycles. The van der Waals surface area contributed by atoms with Gasteiger partial charge in [-0.2, -0.15) is 0 Å². The average Bonchev–Trinajstić information content (AvgIpc) is 2.70. The number of rotatable bonds is 4. The number of fused-ring (bicyclic) bond motifs is 1. The molecule has 2 N–H and O–H groups in total. The molecule has 2 heterocycles. The number of aromatic nitrogens is 3. The van der Waals surface area contributed by atoms with Crippen LogP contribution in [0.2, 0.25) is 5.02 Å². The molecule has 0 saturated carbocycles. The van der Waals surface area contributed by atoms with Crippen LogP contribution in [0.3, 0.4) is 0 Å². The zero-order valence-electron chi connectivity index (χ0n) is 10.7. The number of pyridine rings is 1. The maximum absolute atomic E-state index is 12.0. The Hall–Kier alpha value is -1.40. The fourth-order valence-electron chi connectivity index (χ4n) is 1.86. The Morgan fingerprint density at radius 3 is 3.11 bits per heavy atom. The summed E-state index contributed by atoms with van der Waals surface area (Å²) in [7, 11) is 0. The van der Waals surface area contributed by atoms with Crippen molar-refractivity contribution in [1.29, 1.82) is 0 Å². The van der Waals surface area contributed by atoms with Gasteiger partial charge in [0.05, 0.1) is 10.5 Å². The molecular weight excluding hydrogens is 284 g/mol. The van der Waals surface area contributed by atoms with Crippen LogP contribution < -0.4 is 5.32 Å². The molecule has 2 aromatic heterocycles. The molecule has 1 amide bonds. The molecule has 102 valence electrons. The Balaban J connectivity index is 2.41. The number of hydrogen-bond donors (Lipinski definition) is 2. The number of nitrogens with zero attached hydrogens (tertiary/aromatic N) is 2. The highest BCUT2D eigenvalue weighted by molar-refractivity contribution is 7.71. The van der Waals surface area contributed by atoms with Gasteiger partial charge in [0.1, 0.15) is 6.04 Å². The molecule has 0 fully saturated rings. The van der Waals surface area contributed by atoms with Crippen molar-refractivity contribution >= 4 is 40.9 Å². The Labute approximate surface area is 121 Å². The maximum Gasteiger partial charge on any atom is 0.242 e. The highest BCUT2D eigenvalue weighted by Crippen LogP contribution is 2.20. The number of carbonyl (C=O) groups excluding carboxylic acids is 1. The van der Waals surface area contributed by atoms with Gasteiger partial charge in [0.25, 0.3) is 0 Å². The van der Waals surface area contributed by atoms with Crippen molar-refractivity contribution in [2.45, 2.75) is 26.3 Å². The lowest BCUT2D eigenvalue weighted by Crippen LogP contribution is -2.31. The largest absolute Gasteiger partial charge is 0.354 e. The summed E-state index contributed by atoms with van der Waals surface area (Å²) >= 11 is 11.1. The molecule has 0 aliphatic rings. The smallest absolute Gasteiger partial charge is 0.242 e. The third-order valence-electron chi connectivity index (χ3n) is 2.84. The number of halogens is 1. The van der Waals surface area contributed by atoms with Crippen LogP contribution in [0.15, 0.2) is 12.3 Å². The molecule has 0 aliphatic carbocycles. The van der Waals surface area contributed by atoms with E-state index in [1.54, 1.807) is 23.8 Å². The minimum atomic E-state index is -0.415. The monoisotopic (exact) mass is 298 g/mol. The van der Waals surface area contributed by atoms with E-state index in [0.717, 1.165) is 11.9 Å². The quantitative estimate of drug-likeness (QED) is 0.853. The number of imidazole rings is 1. The van der Waals surface area contributed by atoms with Crippen molar-refractivity contribution in [3.05, 3.63) is 22.1 Å². The van der Waals surface area contributed by atoms with Crippen molar-refractivity contribution in [2.24, 2.45) is 0 Å². The van der Waals surface area contributed by atoms with Gasteiger partial charge in [0.15, 0.2) is 10.4 Å². The molecule has 2 rings (SSSR count). The van der Waals surface area contributed by atoms with Crippen molar-refractivity contribution in [3.8, 4) is 0 Å². The lowest BCUT2D eigenvalue weighted by molar-refractivity contribution is -0.123. The van der Waals surface area contributed by atoms with Crippen LogP contribution >= 0.6 is 23.8 Å². The number of aromatic amines is 1. The molecule has 2 aromatic rings. The summed E-state index contributed by atoms with van der Waals surface area (Å²) in [6.07, 6.45) is 2.44. The molecule has 0 saturated heterocycles. The van der Waals surface area contributed by atoms with Crippen LogP contribution in [0.4, 0.5) is 0 Å². The SMILES string of the molecule is CCCNC(=O)C(C)n1c(=S)[nH]c2cc(Cl)cnc21. The minimum Gasteiger partial charge on any atom is -0.354 e. The molecule has 1 unspecified atom stereocenters. The number of carbonyl (C=O) groups is 1. The van der Waals surface area contributed by atoms with Gasteiger partial charge in [0, 0.05) is 12.7 Å². The normalized spacial score (nSPS) is 12.6. The summed E-state index contributed by atoms with van der Waals surface area (Å²) in [4.78, 5) is 19.3. The second-order valence-electron chi connectivity index (χ2n) is 4.29. The predicted octanol–water partition coefficient (Wildman–Crippen LogP) is 2.83. The lowest BCUT2D eigenvalue weighted by atomic mass is 10.3. The van der Waals surface area contributed by atoms with E-state index in [1.807, 2.05) is 6.92 Å². The van der Waals surface area contributed by atoms with E-state index in [1.165, 1.54) is 0 Å². The van der Waals surface area contributed by atoms with Gasteiger partial charge < -0.3 is 10.3 Å². The van der Waals surface area contributed by atoms with Gasteiger partial charge in [-0.3, -0.25) is 9.36 Å². The second-order valence-corrected chi connectivity index (χ2v) is 5.11. The van der Waals surface area contributed by atoms with E-state index in [0.29, 0.717) is 22.0 Å². The molecule has 0 spiro atoms. The fraction of sp³-hybridized carbons (Fsp3) is 0.417. The van der Waals surface area contributed by atoms with Crippen LogP contribution in [-0.4, -0.2) is 27.0 Å². The van der Waals surface area contributed by atoms with Crippen LogP contribution in [0, 0.1) is 4.77 Å². The van der Waals surface area contributed by atoms with Gasteiger partial charge in [-0.05, 0) is 31.6 Å². The van der Waals surface area contributed by atoms with Gasteiger partial charge >= 0.3 is 0 Å². The summed E-state index contributed by atoms with van der Waals surface area (Å²) in [5, 5.41) is 3.38. The number of nitrogens with one attached hydrogen (secondary N) is 2. The van der Waals surface area contributed by atoms with Gasteiger partial charge in [-0.15, -0.1) is 0 Å². The van der Waals surface area contributed by atoms with Gasteiger partial charge in [0.2, 0.25) is 5.91 Å². The molecule has 5 nitrogen and oxygen atoms in total. The Morgan fingerprint density at radius 2 is 2.42 bits per heavy atom. The van der Waals surface area contributed by atoms with E-state index in [4.69, 9.17) is 23.8 Å². The van der Waals surface area contributed by atoms with E-state index in [9.17, 15) is 4.79 Å². The van der Waals surface area contributed by atoms with Crippen LogP contribution in [0.5, 0.6) is 0 Å². The van der Waals surface area contributed by atoms with Crippen molar-refractivity contribution < 1.29 is 4.79 Å². The zero-order valence-corrected chi connectivity index (χ0v) is 12.3. The van der Waals surface area contributed by atoms with Crippen molar-refractivity contribution in [1.82, 2.24) is 19.9 Å². The summed E-state index contributed by atoms with van der Waals surface area (Å²) < 4.78 is 2.16. The Kier molecular flexibility index (Phi) is 4.21. The summed E-state index contributed by atoms with van der Waals surface area (Å²) in [5.41, 5.74) is 1.36. The maximum atomic E-state index is 12.0. The van der Waals surface area contributed by atoms with Gasteiger partial charge in [-0.25, -0.2) is 4.98 Å². The lowest BCUT2D eigenvalue weighted by Gasteiger charge is -2.13. The van der Waals surface area contributed by atoms with E-state index >= 15 is 0 Å². The Morgan fingerprint density at radius 1 is 1.68 bits per heavy atom. The van der Waals surface area contributed by atoms with Gasteiger partial charge in [-0.1, -0.05) is 18.5 Å². The average molecular weight is 299 g/mol. The molecule has 1 atom stereocenters. The first kappa shape index (κ1) is 14.0. The van der Waals surface area contributed by atoms with Crippen molar-refractivity contribution in [3.63, 3.8) is 0 Å². The second kappa shape index (κ2) is 5.71. The van der Waals surface area contributed by atoms with Crippen LogP contribution in [-0.2, 0) is 4.79 Å². The van der Waals surface area contributed by atoms with E-state index in [-0.39, 0.29) is 5.91 Å². The van der Waals surface area contributed by atoms with Crippen LogP contribution in [0.1, 0.15) is 26.3 Å². The molecule has 0 aliphatic heterocycles. The highest BCUT2D eigenvalue weighted by atomic mass is 35.5. The standard InChI is InChI=1S/C12H15ClN4OS/c1-3-4-14-11(18)7(2)17-10-9(16-12(17)19)5-8(13)6-15-10/h5-7H,3-4H2,1-2H3,(H,14,18)(H,16,19). The molecule has 0 bridgehead atoms. The topological polar surface area (TPSA) is 62.7 Å². The first-order chi connectivity index (χ1) is 9.04. The van der Waals surface area contributed by atoms with Crippen molar-refractivity contribution in [2.75, 3.05) is 6.54 Å². The third-order valence-corrected chi connectivity index (χ3v) is 3.34. The molecular formula is C12H15ClN4OS. The van der Waals surface area contributed by atoms with E-state index in [2.05, 4.69) is 15.3 Å². The summed E-state index contributed by atoms with van der Waals surface area (Å²) in [5.74, 6) is -0.0735. The molecule has 7 heteroatoms. The van der Waals surface area contributed by atoms with Crippen LogP contribution in [0.25, 0.3) is 11.2 Å². The summed E-state index contributed by atoms with van der Waals surface area (Å²) in [6.45, 7) is 4.45. The first-order valence-electron chi connectivity index (χ1n) is 6.08. The predicted molar refractivity (Wildman–Crippen MR) is 77.9 cm³/mol. The summed E-state index contributed by atoms with van der Waals surface area (Å²) in [6, 6.07) is 1.33. The van der Waals surface area contributed by atoms with E-state index < -0.39 is 6.04 Å². The first-order valence-corrected chi connectivity index (χ1v) is 6.86.